The van der Waals surface area contributed by atoms with Crippen molar-refractivity contribution in [3.8, 4) is 0 Å². The lowest BCUT2D eigenvalue weighted by Gasteiger charge is -2.30. The van der Waals surface area contributed by atoms with Gasteiger partial charge in [-0.15, -0.1) is 0 Å². The molecule has 1 amide bonds. The van der Waals surface area contributed by atoms with Crippen LogP contribution in [0.5, 0.6) is 0 Å². The highest BCUT2D eigenvalue weighted by atomic mass is 79.9. The fourth-order valence-electron chi connectivity index (χ4n) is 2.46. The van der Waals surface area contributed by atoms with Crippen LogP contribution in [0.2, 0.25) is 0 Å². The lowest BCUT2D eigenvalue weighted by molar-refractivity contribution is 0.0932. The number of halogens is 1. The van der Waals surface area contributed by atoms with E-state index in [9.17, 15) is 4.79 Å². The zero-order chi connectivity index (χ0) is 12.1. The largest absolute Gasteiger partial charge is 0.350 e. The summed E-state index contributed by atoms with van der Waals surface area (Å²) >= 11 is 3.57. The van der Waals surface area contributed by atoms with Crippen molar-refractivity contribution in [2.24, 2.45) is 11.8 Å². The number of carbonyl (C=O) groups excluding carboxylic acids is 1. The molecular weight excluding hydrogens is 282 g/mol. The van der Waals surface area contributed by atoms with E-state index in [2.05, 4.69) is 31.4 Å². The number of carbonyl (C=O) groups is 1. The summed E-state index contributed by atoms with van der Waals surface area (Å²) in [4.78, 5) is 11.7. The third-order valence-corrected chi connectivity index (χ3v) is 4.37. The van der Waals surface area contributed by atoms with Crippen LogP contribution in [0.4, 0.5) is 0 Å². The van der Waals surface area contributed by atoms with Crippen LogP contribution in [0, 0.1) is 11.8 Å². The van der Waals surface area contributed by atoms with E-state index in [1.54, 1.807) is 12.3 Å². The number of nitrogens with one attached hydrogen (secondary N) is 2. The predicted molar refractivity (Wildman–Crippen MR) is 70.2 cm³/mol. The maximum absolute atomic E-state index is 11.7. The Balaban J connectivity index is 1.82. The molecule has 0 saturated heterocycles. The van der Waals surface area contributed by atoms with Crippen LogP contribution >= 0.6 is 15.9 Å². The number of amides is 1. The molecule has 1 saturated carbocycles. The monoisotopic (exact) mass is 299 g/mol. The summed E-state index contributed by atoms with van der Waals surface area (Å²) in [5.74, 6) is 1.25. The molecule has 0 spiro atoms. The Hall–Kier alpha value is -0.840. The standard InChI is InChI=1S/C12H18BrN3O/c13-7-9-3-1-2-4-10(9)8-14-12(17)11-5-6-15-16-11/h5-6,9-10H,1-4,7-8H2,(H,14,17)(H,15,16). The zero-order valence-corrected chi connectivity index (χ0v) is 11.4. The normalized spacial score (nSPS) is 24.5. The molecule has 1 aliphatic carbocycles. The lowest BCUT2D eigenvalue weighted by Crippen LogP contribution is -2.35. The molecule has 1 aromatic heterocycles. The Labute approximate surface area is 110 Å². The SMILES string of the molecule is O=C(NCC1CCCCC1CBr)c1ccn[nH]1. The van der Waals surface area contributed by atoms with E-state index in [-0.39, 0.29) is 5.91 Å². The van der Waals surface area contributed by atoms with Crippen molar-refractivity contribution in [2.45, 2.75) is 25.7 Å². The van der Waals surface area contributed by atoms with E-state index >= 15 is 0 Å². The third-order valence-electron chi connectivity index (χ3n) is 3.53. The molecule has 5 heteroatoms. The van der Waals surface area contributed by atoms with Crippen LogP contribution in [-0.2, 0) is 0 Å². The van der Waals surface area contributed by atoms with Crippen molar-refractivity contribution >= 4 is 21.8 Å². The van der Waals surface area contributed by atoms with Gasteiger partial charge in [-0.25, -0.2) is 0 Å². The molecule has 17 heavy (non-hydrogen) atoms. The van der Waals surface area contributed by atoms with Gasteiger partial charge in [-0.1, -0.05) is 28.8 Å². The fourth-order valence-corrected chi connectivity index (χ4v) is 3.31. The second-order valence-electron chi connectivity index (χ2n) is 4.64. The molecule has 0 bridgehead atoms. The van der Waals surface area contributed by atoms with Crippen molar-refractivity contribution in [1.29, 1.82) is 0 Å². The second kappa shape index (κ2) is 6.19. The lowest BCUT2D eigenvalue weighted by atomic mass is 9.80. The maximum Gasteiger partial charge on any atom is 0.269 e. The molecule has 94 valence electrons. The van der Waals surface area contributed by atoms with E-state index in [1.807, 2.05) is 0 Å². The van der Waals surface area contributed by atoms with E-state index in [0.29, 0.717) is 17.5 Å². The summed E-state index contributed by atoms with van der Waals surface area (Å²) < 4.78 is 0. The Kier molecular flexibility index (Phi) is 4.59. The molecule has 0 aliphatic heterocycles. The number of hydrogen-bond acceptors (Lipinski definition) is 2. The minimum atomic E-state index is -0.0543. The summed E-state index contributed by atoms with van der Waals surface area (Å²) in [7, 11) is 0. The van der Waals surface area contributed by atoms with Crippen molar-refractivity contribution in [3.05, 3.63) is 18.0 Å². The summed E-state index contributed by atoms with van der Waals surface area (Å²) in [6, 6.07) is 1.69. The molecule has 2 unspecified atom stereocenters. The topological polar surface area (TPSA) is 57.8 Å². The first-order valence-electron chi connectivity index (χ1n) is 6.15. The van der Waals surface area contributed by atoms with E-state index < -0.39 is 0 Å². The first-order chi connectivity index (χ1) is 8.31. The molecule has 2 rings (SSSR count). The molecule has 2 atom stereocenters. The molecule has 1 fully saturated rings. The Bertz CT molecular complexity index is 353. The van der Waals surface area contributed by atoms with Gasteiger partial charge in [0, 0.05) is 18.1 Å². The van der Waals surface area contributed by atoms with E-state index in [1.165, 1.54) is 25.7 Å². The van der Waals surface area contributed by atoms with Gasteiger partial charge in [0.25, 0.3) is 5.91 Å². The zero-order valence-electron chi connectivity index (χ0n) is 9.79. The van der Waals surface area contributed by atoms with Crippen LogP contribution in [-0.4, -0.2) is 28.0 Å². The van der Waals surface area contributed by atoms with Gasteiger partial charge >= 0.3 is 0 Å². The second-order valence-corrected chi connectivity index (χ2v) is 5.29. The molecule has 4 nitrogen and oxygen atoms in total. The van der Waals surface area contributed by atoms with Gasteiger partial charge in [-0.05, 0) is 30.7 Å². The van der Waals surface area contributed by atoms with Gasteiger partial charge in [0.2, 0.25) is 0 Å². The van der Waals surface area contributed by atoms with Gasteiger partial charge in [-0.2, -0.15) is 5.10 Å². The summed E-state index contributed by atoms with van der Waals surface area (Å²) in [6.45, 7) is 0.772. The van der Waals surface area contributed by atoms with Crippen molar-refractivity contribution in [3.63, 3.8) is 0 Å². The Morgan fingerprint density at radius 1 is 1.47 bits per heavy atom. The molecule has 2 N–H and O–H groups in total. The van der Waals surface area contributed by atoms with Crippen molar-refractivity contribution in [1.82, 2.24) is 15.5 Å². The number of rotatable bonds is 4. The highest BCUT2D eigenvalue weighted by Crippen LogP contribution is 2.30. The highest BCUT2D eigenvalue weighted by molar-refractivity contribution is 9.09. The number of alkyl halides is 1. The van der Waals surface area contributed by atoms with Gasteiger partial charge in [0.05, 0.1) is 0 Å². The number of nitrogens with zero attached hydrogens (tertiary/aromatic N) is 1. The molecule has 0 radical (unpaired) electrons. The predicted octanol–water partition coefficient (Wildman–Crippen LogP) is 2.34. The number of hydrogen-bond donors (Lipinski definition) is 2. The van der Waals surface area contributed by atoms with Gasteiger partial charge in [0.1, 0.15) is 5.69 Å². The van der Waals surface area contributed by atoms with Crippen LogP contribution < -0.4 is 5.32 Å². The molecule has 0 aromatic carbocycles. The number of H-pyrrole nitrogens is 1. The minimum Gasteiger partial charge on any atom is -0.350 e. The maximum atomic E-state index is 11.7. The first kappa shape index (κ1) is 12.6. The van der Waals surface area contributed by atoms with Crippen LogP contribution in [0.25, 0.3) is 0 Å². The van der Waals surface area contributed by atoms with Gasteiger partial charge in [-0.3, -0.25) is 9.89 Å². The molecule has 1 heterocycles. The fraction of sp³-hybridized carbons (Fsp3) is 0.667. The van der Waals surface area contributed by atoms with E-state index in [0.717, 1.165) is 11.9 Å². The highest BCUT2D eigenvalue weighted by Gasteiger charge is 2.24. The smallest absolute Gasteiger partial charge is 0.269 e. The number of aromatic nitrogens is 2. The third kappa shape index (κ3) is 3.31. The quantitative estimate of drug-likeness (QED) is 0.839. The average molecular weight is 300 g/mol. The van der Waals surface area contributed by atoms with Crippen molar-refractivity contribution in [2.75, 3.05) is 11.9 Å². The van der Waals surface area contributed by atoms with Gasteiger partial charge in [0.15, 0.2) is 0 Å². The Morgan fingerprint density at radius 3 is 2.88 bits per heavy atom. The van der Waals surface area contributed by atoms with Crippen LogP contribution in [0.1, 0.15) is 36.2 Å². The van der Waals surface area contributed by atoms with Crippen molar-refractivity contribution < 1.29 is 4.79 Å². The van der Waals surface area contributed by atoms with Gasteiger partial charge < -0.3 is 5.32 Å². The Morgan fingerprint density at radius 2 is 2.24 bits per heavy atom. The molecular formula is C12H18BrN3O. The summed E-state index contributed by atoms with van der Waals surface area (Å²) in [5.41, 5.74) is 0.538. The van der Waals surface area contributed by atoms with Crippen LogP contribution in [0.3, 0.4) is 0 Å². The number of aromatic amines is 1. The molecule has 1 aliphatic rings. The minimum absolute atomic E-state index is 0.0543. The average Bonchev–Trinajstić information content (AvgIpc) is 2.90. The van der Waals surface area contributed by atoms with Crippen LogP contribution in [0.15, 0.2) is 12.3 Å². The molecule has 1 aromatic rings. The summed E-state index contributed by atoms with van der Waals surface area (Å²) in [6.07, 6.45) is 6.70. The summed E-state index contributed by atoms with van der Waals surface area (Å²) in [5, 5.41) is 10.5. The van der Waals surface area contributed by atoms with E-state index in [4.69, 9.17) is 0 Å². The first-order valence-corrected chi connectivity index (χ1v) is 7.27.